The molecule has 2 rings (SSSR count). The van der Waals surface area contributed by atoms with Gasteiger partial charge in [0.1, 0.15) is 6.61 Å². The first-order chi connectivity index (χ1) is 9.77. The Balaban J connectivity index is 2.10. The fourth-order valence-corrected chi connectivity index (χ4v) is 2.00. The van der Waals surface area contributed by atoms with E-state index in [-0.39, 0.29) is 12.4 Å². The van der Waals surface area contributed by atoms with Crippen LogP contribution in [0, 0.1) is 11.6 Å². The zero-order valence-electron chi connectivity index (χ0n) is 10.3. The number of alkyl halides is 3. The van der Waals surface area contributed by atoms with Crippen molar-refractivity contribution in [3.05, 3.63) is 63.6 Å². The Morgan fingerprint density at radius 2 is 1.62 bits per heavy atom. The third kappa shape index (κ3) is 3.93. The van der Waals surface area contributed by atoms with E-state index in [0.717, 1.165) is 18.2 Å². The van der Waals surface area contributed by atoms with Gasteiger partial charge in [0, 0.05) is 4.47 Å². The van der Waals surface area contributed by atoms with Gasteiger partial charge in [0.05, 0.1) is 5.56 Å². The van der Waals surface area contributed by atoms with Crippen molar-refractivity contribution in [2.45, 2.75) is 12.8 Å². The Morgan fingerprint density at radius 1 is 1.00 bits per heavy atom. The smallest absolute Gasteiger partial charge is 0.416 e. The fraction of sp³-hybridized carbons (Fsp3) is 0.143. The van der Waals surface area contributed by atoms with Crippen molar-refractivity contribution in [3.8, 4) is 5.75 Å². The van der Waals surface area contributed by atoms with E-state index >= 15 is 0 Å². The lowest BCUT2D eigenvalue weighted by atomic mass is 10.1. The molecule has 112 valence electrons. The Hall–Kier alpha value is -1.63. The molecule has 0 spiro atoms. The minimum atomic E-state index is -4.42. The Kier molecular flexibility index (Phi) is 4.51. The van der Waals surface area contributed by atoms with Crippen LogP contribution >= 0.6 is 15.9 Å². The number of benzene rings is 2. The van der Waals surface area contributed by atoms with Crippen molar-refractivity contribution in [2.24, 2.45) is 0 Å². The first-order valence-corrected chi connectivity index (χ1v) is 6.50. The summed E-state index contributed by atoms with van der Waals surface area (Å²) in [6, 6.07) is 6.42. The second-order valence-electron chi connectivity index (χ2n) is 4.18. The zero-order chi connectivity index (χ0) is 15.6. The lowest BCUT2D eigenvalue weighted by molar-refractivity contribution is -0.137. The number of rotatable bonds is 3. The monoisotopic (exact) mass is 366 g/mol. The zero-order valence-corrected chi connectivity index (χ0v) is 11.9. The van der Waals surface area contributed by atoms with Gasteiger partial charge >= 0.3 is 6.18 Å². The molecule has 0 saturated carbocycles. The molecule has 0 radical (unpaired) electrons. The van der Waals surface area contributed by atoms with Gasteiger partial charge in [-0.2, -0.15) is 17.6 Å². The lowest BCUT2D eigenvalue weighted by Gasteiger charge is -2.10. The second kappa shape index (κ2) is 6.01. The Morgan fingerprint density at radius 3 is 2.19 bits per heavy atom. The standard InChI is InChI=1S/C14H8BrF5O/c15-10-5-11(16)13(17)12(6-10)21-7-8-1-3-9(4-2-8)14(18,19)20/h1-6H,7H2. The molecule has 0 saturated heterocycles. The molecule has 0 atom stereocenters. The van der Waals surface area contributed by atoms with Crippen molar-refractivity contribution in [1.29, 1.82) is 0 Å². The van der Waals surface area contributed by atoms with Gasteiger partial charge < -0.3 is 4.74 Å². The normalized spacial score (nSPS) is 11.5. The predicted octanol–water partition coefficient (Wildman–Crippen LogP) is 5.33. The highest BCUT2D eigenvalue weighted by Gasteiger charge is 2.29. The summed E-state index contributed by atoms with van der Waals surface area (Å²) >= 11 is 2.99. The van der Waals surface area contributed by atoms with E-state index in [4.69, 9.17) is 4.74 Å². The van der Waals surface area contributed by atoms with E-state index in [1.807, 2.05) is 0 Å². The Labute approximate surface area is 125 Å². The average molecular weight is 367 g/mol. The van der Waals surface area contributed by atoms with E-state index in [0.29, 0.717) is 10.0 Å². The molecule has 0 aromatic heterocycles. The van der Waals surface area contributed by atoms with Gasteiger partial charge in [0.2, 0.25) is 5.82 Å². The number of halogens is 6. The highest BCUT2D eigenvalue weighted by atomic mass is 79.9. The molecule has 0 bridgehead atoms. The van der Waals surface area contributed by atoms with Crippen LogP contribution < -0.4 is 4.74 Å². The van der Waals surface area contributed by atoms with Crippen molar-refractivity contribution >= 4 is 15.9 Å². The van der Waals surface area contributed by atoms with E-state index < -0.39 is 23.4 Å². The van der Waals surface area contributed by atoms with Gasteiger partial charge in [-0.25, -0.2) is 4.39 Å². The van der Waals surface area contributed by atoms with E-state index in [1.165, 1.54) is 18.2 Å². The molecular weight excluding hydrogens is 359 g/mol. The van der Waals surface area contributed by atoms with Crippen molar-refractivity contribution in [1.82, 2.24) is 0 Å². The van der Waals surface area contributed by atoms with Gasteiger partial charge in [0.15, 0.2) is 11.6 Å². The molecule has 7 heteroatoms. The first kappa shape index (κ1) is 15.8. The van der Waals surface area contributed by atoms with Gasteiger partial charge in [-0.3, -0.25) is 0 Å². The fourth-order valence-electron chi connectivity index (χ4n) is 1.59. The third-order valence-electron chi connectivity index (χ3n) is 2.64. The van der Waals surface area contributed by atoms with Gasteiger partial charge in [-0.15, -0.1) is 0 Å². The molecular formula is C14H8BrF5O. The Bertz CT molecular complexity index is 637. The summed E-state index contributed by atoms with van der Waals surface area (Å²) in [6.07, 6.45) is -4.42. The quantitative estimate of drug-likeness (QED) is 0.527. The molecule has 1 nitrogen and oxygen atoms in total. The first-order valence-electron chi connectivity index (χ1n) is 5.71. The van der Waals surface area contributed by atoms with Gasteiger partial charge in [-0.05, 0) is 29.8 Å². The third-order valence-corrected chi connectivity index (χ3v) is 3.09. The highest BCUT2D eigenvalue weighted by Crippen LogP contribution is 2.30. The molecule has 0 aliphatic rings. The largest absolute Gasteiger partial charge is 0.486 e. The van der Waals surface area contributed by atoms with Crippen molar-refractivity contribution < 1.29 is 26.7 Å². The van der Waals surface area contributed by atoms with Crippen LogP contribution in [0.3, 0.4) is 0 Å². The molecule has 0 unspecified atom stereocenters. The van der Waals surface area contributed by atoms with E-state index in [2.05, 4.69) is 15.9 Å². The maximum atomic E-state index is 13.4. The minimum Gasteiger partial charge on any atom is -0.486 e. The summed E-state index contributed by atoms with van der Waals surface area (Å²) in [7, 11) is 0. The van der Waals surface area contributed by atoms with E-state index in [9.17, 15) is 22.0 Å². The van der Waals surface area contributed by atoms with Crippen LogP contribution in [-0.4, -0.2) is 0 Å². The van der Waals surface area contributed by atoms with Crippen LogP contribution in [0.15, 0.2) is 40.9 Å². The van der Waals surface area contributed by atoms with Crippen molar-refractivity contribution in [2.75, 3.05) is 0 Å². The lowest BCUT2D eigenvalue weighted by Crippen LogP contribution is -2.05. The molecule has 2 aromatic rings. The van der Waals surface area contributed by atoms with Crippen molar-refractivity contribution in [3.63, 3.8) is 0 Å². The molecule has 0 aliphatic carbocycles. The van der Waals surface area contributed by atoms with E-state index in [1.54, 1.807) is 0 Å². The van der Waals surface area contributed by atoms with Crippen LogP contribution in [0.2, 0.25) is 0 Å². The molecule has 21 heavy (non-hydrogen) atoms. The van der Waals surface area contributed by atoms with Crippen LogP contribution in [0.1, 0.15) is 11.1 Å². The number of hydrogen-bond acceptors (Lipinski definition) is 1. The number of ether oxygens (including phenoxy) is 1. The number of hydrogen-bond donors (Lipinski definition) is 0. The average Bonchev–Trinajstić information content (AvgIpc) is 2.40. The molecule has 0 aliphatic heterocycles. The van der Waals surface area contributed by atoms with Crippen LogP contribution in [0.4, 0.5) is 22.0 Å². The van der Waals surface area contributed by atoms with Gasteiger partial charge in [-0.1, -0.05) is 28.1 Å². The minimum absolute atomic E-state index is 0.176. The second-order valence-corrected chi connectivity index (χ2v) is 5.10. The summed E-state index contributed by atoms with van der Waals surface area (Å²) < 4.78 is 69.1. The summed E-state index contributed by atoms with van der Waals surface area (Å²) in [4.78, 5) is 0. The summed E-state index contributed by atoms with van der Waals surface area (Å²) in [5, 5.41) is 0. The molecule has 0 fully saturated rings. The highest BCUT2D eigenvalue weighted by molar-refractivity contribution is 9.10. The van der Waals surface area contributed by atoms with Crippen LogP contribution in [0.25, 0.3) is 0 Å². The summed E-state index contributed by atoms with van der Waals surface area (Å²) in [5.74, 6) is -2.54. The van der Waals surface area contributed by atoms with Crippen LogP contribution in [-0.2, 0) is 12.8 Å². The molecule has 0 N–H and O–H groups in total. The predicted molar refractivity (Wildman–Crippen MR) is 69.8 cm³/mol. The van der Waals surface area contributed by atoms with Crippen LogP contribution in [0.5, 0.6) is 5.75 Å². The SMILES string of the molecule is Fc1cc(Br)cc(OCc2ccc(C(F)(F)F)cc2)c1F. The molecule has 0 amide bonds. The molecule has 2 aromatic carbocycles. The molecule has 0 heterocycles. The summed E-state index contributed by atoms with van der Waals surface area (Å²) in [5.41, 5.74) is -0.381. The maximum Gasteiger partial charge on any atom is 0.416 e. The maximum absolute atomic E-state index is 13.4. The topological polar surface area (TPSA) is 9.23 Å². The summed E-state index contributed by atoms with van der Waals surface area (Å²) in [6.45, 7) is -0.176. The van der Waals surface area contributed by atoms with Gasteiger partial charge in [0.25, 0.3) is 0 Å².